The normalized spacial score (nSPS) is 11.5. The molecule has 150 valence electrons. The second-order valence-electron chi connectivity index (χ2n) is 7.29. The van der Waals surface area contributed by atoms with Gasteiger partial charge in [-0.3, -0.25) is 14.0 Å². The van der Waals surface area contributed by atoms with Crippen molar-refractivity contribution in [1.29, 1.82) is 0 Å². The molecule has 0 bridgehead atoms. The van der Waals surface area contributed by atoms with Gasteiger partial charge >= 0.3 is 6.01 Å². The zero-order valence-electron chi connectivity index (χ0n) is 17.2. The van der Waals surface area contributed by atoms with E-state index in [1.165, 1.54) is 4.57 Å². The third-order valence-electron chi connectivity index (χ3n) is 4.92. The van der Waals surface area contributed by atoms with E-state index in [1.54, 1.807) is 17.9 Å². The van der Waals surface area contributed by atoms with Crippen LogP contribution in [0.15, 0.2) is 41.3 Å². The molecule has 0 atom stereocenters. The first-order valence-electron chi connectivity index (χ1n) is 9.66. The number of ether oxygens (including phenoxy) is 1. The fourth-order valence-corrected chi connectivity index (χ4v) is 3.29. The van der Waals surface area contributed by atoms with E-state index in [0.29, 0.717) is 16.8 Å². The van der Waals surface area contributed by atoms with Crippen LogP contribution in [0, 0.1) is 6.92 Å². The molecule has 4 rings (SSSR count). The molecule has 0 unspecified atom stereocenters. The lowest BCUT2D eigenvalue weighted by Crippen LogP contribution is -2.20. The summed E-state index contributed by atoms with van der Waals surface area (Å²) in [7, 11) is 1.64. The Hall–Kier alpha value is -3.42. The van der Waals surface area contributed by atoms with Gasteiger partial charge in [-0.25, -0.2) is 4.68 Å². The van der Waals surface area contributed by atoms with Gasteiger partial charge in [-0.15, -0.1) is 0 Å². The minimum Gasteiger partial charge on any atom is -0.425 e. The van der Waals surface area contributed by atoms with Gasteiger partial charge in [0, 0.05) is 30.9 Å². The van der Waals surface area contributed by atoms with Crippen molar-refractivity contribution in [2.75, 3.05) is 0 Å². The molecule has 29 heavy (non-hydrogen) atoms. The molecule has 3 aromatic heterocycles. The smallest absolute Gasteiger partial charge is 0.306 e. The standard InChI is InChI=1S/C21H24N6O2/c1-6-26-14(4)11-18(24-26)15-7-9-16(10-8-15)29-21-23-19-17(20(28)25(21)5)12-22-27(19)13(2)3/h7-13H,6H2,1-5H3. The van der Waals surface area contributed by atoms with E-state index in [0.717, 1.165) is 23.5 Å². The molecule has 4 aromatic rings. The van der Waals surface area contributed by atoms with Crippen molar-refractivity contribution in [3.05, 3.63) is 52.6 Å². The van der Waals surface area contributed by atoms with E-state index in [4.69, 9.17) is 4.74 Å². The third-order valence-corrected chi connectivity index (χ3v) is 4.92. The predicted molar refractivity (Wildman–Crippen MR) is 111 cm³/mol. The van der Waals surface area contributed by atoms with Crippen LogP contribution in [0.3, 0.4) is 0 Å². The summed E-state index contributed by atoms with van der Waals surface area (Å²) >= 11 is 0. The molecule has 8 heteroatoms. The molecule has 0 saturated carbocycles. The van der Waals surface area contributed by atoms with Gasteiger partial charge < -0.3 is 4.74 Å². The van der Waals surface area contributed by atoms with Crippen molar-refractivity contribution in [2.45, 2.75) is 40.3 Å². The molecule has 0 N–H and O–H groups in total. The van der Waals surface area contributed by atoms with E-state index in [2.05, 4.69) is 28.2 Å². The van der Waals surface area contributed by atoms with Crippen molar-refractivity contribution in [1.82, 2.24) is 29.1 Å². The zero-order chi connectivity index (χ0) is 20.7. The molecule has 1 aromatic carbocycles. The summed E-state index contributed by atoms with van der Waals surface area (Å²) in [6.07, 6.45) is 1.56. The van der Waals surface area contributed by atoms with Crippen LogP contribution in [-0.4, -0.2) is 29.1 Å². The Morgan fingerprint density at radius 1 is 1.17 bits per heavy atom. The molecule has 0 amide bonds. The number of rotatable bonds is 5. The Balaban J connectivity index is 1.67. The largest absolute Gasteiger partial charge is 0.425 e. The quantitative estimate of drug-likeness (QED) is 0.517. The Labute approximate surface area is 168 Å². The summed E-state index contributed by atoms with van der Waals surface area (Å²) in [5.41, 5.74) is 3.38. The van der Waals surface area contributed by atoms with Crippen LogP contribution in [0.4, 0.5) is 0 Å². The lowest BCUT2D eigenvalue weighted by Gasteiger charge is -2.11. The van der Waals surface area contributed by atoms with E-state index >= 15 is 0 Å². The van der Waals surface area contributed by atoms with E-state index in [9.17, 15) is 4.79 Å². The summed E-state index contributed by atoms with van der Waals surface area (Å²) in [4.78, 5) is 17.2. The van der Waals surface area contributed by atoms with Crippen LogP contribution in [0.1, 0.15) is 32.5 Å². The molecule has 0 spiro atoms. The highest BCUT2D eigenvalue weighted by molar-refractivity contribution is 5.73. The maximum atomic E-state index is 12.7. The molecular weight excluding hydrogens is 368 g/mol. The second kappa shape index (κ2) is 7.20. The summed E-state index contributed by atoms with van der Waals surface area (Å²) in [5, 5.41) is 9.36. The van der Waals surface area contributed by atoms with Crippen LogP contribution >= 0.6 is 0 Å². The predicted octanol–water partition coefficient (Wildman–Crippen LogP) is 3.70. The van der Waals surface area contributed by atoms with Gasteiger partial charge in [0.25, 0.3) is 5.56 Å². The number of aromatic nitrogens is 6. The topological polar surface area (TPSA) is 79.8 Å². The maximum Gasteiger partial charge on any atom is 0.306 e. The molecule has 3 heterocycles. The van der Waals surface area contributed by atoms with Crippen LogP contribution < -0.4 is 10.3 Å². The van der Waals surface area contributed by atoms with Gasteiger partial charge in [0.2, 0.25) is 0 Å². The number of benzene rings is 1. The van der Waals surface area contributed by atoms with Crippen LogP contribution in [-0.2, 0) is 13.6 Å². The molecule has 8 nitrogen and oxygen atoms in total. The summed E-state index contributed by atoms with van der Waals surface area (Å²) < 4.78 is 11.0. The third kappa shape index (κ3) is 3.30. The number of hydrogen-bond donors (Lipinski definition) is 0. The van der Waals surface area contributed by atoms with Crippen molar-refractivity contribution < 1.29 is 4.74 Å². The van der Waals surface area contributed by atoms with E-state index in [1.807, 2.05) is 49.7 Å². The Morgan fingerprint density at radius 3 is 2.52 bits per heavy atom. The highest BCUT2D eigenvalue weighted by atomic mass is 16.5. The van der Waals surface area contributed by atoms with Crippen molar-refractivity contribution in [3.63, 3.8) is 0 Å². The molecule has 0 aliphatic heterocycles. The molecule has 0 saturated heterocycles. The summed E-state index contributed by atoms with van der Waals surface area (Å²) in [6, 6.07) is 9.98. The fraction of sp³-hybridized carbons (Fsp3) is 0.333. The Bertz CT molecular complexity index is 1230. The maximum absolute atomic E-state index is 12.7. The van der Waals surface area contributed by atoms with Crippen molar-refractivity contribution in [2.24, 2.45) is 7.05 Å². The van der Waals surface area contributed by atoms with Crippen LogP contribution in [0.2, 0.25) is 0 Å². The first-order chi connectivity index (χ1) is 13.9. The molecular formula is C21H24N6O2. The van der Waals surface area contributed by atoms with Crippen LogP contribution in [0.5, 0.6) is 11.8 Å². The summed E-state index contributed by atoms with van der Waals surface area (Å²) in [5.74, 6) is 0.595. The number of hydrogen-bond acceptors (Lipinski definition) is 5. The summed E-state index contributed by atoms with van der Waals surface area (Å²) in [6.45, 7) is 8.93. The van der Waals surface area contributed by atoms with Gasteiger partial charge in [0.1, 0.15) is 11.1 Å². The SMILES string of the molecule is CCn1nc(-c2ccc(Oc3nc4c(cnn4C(C)C)c(=O)n3C)cc2)cc1C. The minimum absolute atomic E-state index is 0.0885. The van der Waals surface area contributed by atoms with Gasteiger partial charge in [-0.1, -0.05) is 0 Å². The zero-order valence-corrected chi connectivity index (χ0v) is 17.2. The molecule has 0 fully saturated rings. The average molecular weight is 392 g/mol. The Kier molecular flexibility index (Phi) is 4.70. The monoisotopic (exact) mass is 392 g/mol. The highest BCUT2D eigenvalue weighted by Crippen LogP contribution is 2.25. The van der Waals surface area contributed by atoms with Gasteiger partial charge in [-0.05, 0) is 58.0 Å². The van der Waals surface area contributed by atoms with Crippen molar-refractivity contribution in [3.8, 4) is 23.0 Å². The second-order valence-corrected chi connectivity index (χ2v) is 7.29. The van der Waals surface area contributed by atoms with Gasteiger partial charge in [0.15, 0.2) is 5.65 Å². The molecule has 0 radical (unpaired) electrons. The lowest BCUT2D eigenvalue weighted by molar-refractivity contribution is 0.413. The average Bonchev–Trinajstić information content (AvgIpc) is 3.30. The van der Waals surface area contributed by atoms with Crippen molar-refractivity contribution >= 4 is 11.0 Å². The van der Waals surface area contributed by atoms with Crippen LogP contribution in [0.25, 0.3) is 22.3 Å². The van der Waals surface area contributed by atoms with E-state index < -0.39 is 0 Å². The lowest BCUT2D eigenvalue weighted by atomic mass is 10.1. The first kappa shape index (κ1) is 18.9. The highest BCUT2D eigenvalue weighted by Gasteiger charge is 2.16. The minimum atomic E-state index is -0.186. The van der Waals surface area contributed by atoms with E-state index in [-0.39, 0.29) is 17.6 Å². The number of nitrogens with zero attached hydrogens (tertiary/aromatic N) is 6. The van der Waals surface area contributed by atoms with Gasteiger partial charge in [0.05, 0.1) is 11.9 Å². The number of aryl methyl sites for hydroxylation is 2. The first-order valence-corrected chi connectivity index (χ1v) is 9.66. The van der Waals surface area contributed by atoms with Gasteiger partial charge in [-0.2, -0.15) is 15.2 Å². The molecule has 0 aliphatic carbocycles. The fourth-order valence-electron chi connectivity index (χ4n) is 3.29. The number of fused-ring (bicyclic) bond motifs is 1. The Morgan fingerprint density at radius 2 is 1.90 bits per heavy atom. The molecule has 0 aliphatic rings.